The monoisotopic (exact) mass is 553 g/mol. The first-order chi connectivity index (χ1) is 18.1. The van der Waals surface area contributed by atoms with Gasteiger partial charge in [0.05, 0.1) is 23.1 Å². The van der Waals surface area contributed by atoms with E-state index in [9.17, 15) is 8.42 Å². The second kappa shape index (κ2) is 11.6. The fourth-order valence-corrected chi connectivity index (χ4v) is 4.97. The van der Waals surface area contributed by atoms with Gasteiger partial charge in [0, 0.05) is 54.2 Å². The number of ether oxygens (including phenoxy) is 1. The van der Waals surface area contributed by atoms with Crippen LogP contribution in [0.5, 0.6) is 0 Å². The van der Waals surface area contributed by atoms with Crippen LogP contribution in [0.4, 0.5) is 28.8 Å². The number of anilines is 5. The number of halogens is 1. The Kier molecular flexibility index (Phi) is 8.40. The van der Waals surface area contributed by atoms with E-state index in [-0.39, 0.29) is 5.75 Å². The highest BCUT2D eigenvalue weighted by atomic mass is 35.5. The van der Waals surface area contributed by atoms with Crippen molar-refractivity contribution in [2.24, 2.45) is 0 Å². The number of methoxy groups -OCH3 is 1. The summed E-state index contributed by atoms with van der Waals surface area (Å²) in [5, 5.41) is 7.77. The predicted octanol–water partition coefficient (Wildman–Crippen LogP) is 6.31. The third-order valence-corrected chi connectivity index (χ3v) is 8.53. The van der Waals surface area contributed by atoms with E-state index in [4.69, 9.17) is 26.3 Å². The van der Waals surface area contributed by atoms with Gasteiger partial charge in [-0.2, -0.15) is 4.98 Å². The Labute approximate surface area is 228 Å². The number of nitrogens with one attached hydrogen (secondary N) is 2. The topological polar surface area (TPSA) is 96.5 Å². The highest BCUT2D eigenvalue weighted by molar-refractivity contribution is 7.91. The second-order valence-corrected chi connectivity index (χ2v) is 12.5. The molecule has 1 heterocycles. The summed E-state index contributed by atoms with van der Waals surface area (Å²) in [6.45, 7) is 3.68. The Morgan fingerprint density at radius 3 is 2.37 bits per heavy atom. The zero-order valence-corrected chi connectivity index (χ0v) is 23.7. The first kappa shape index (κ1) is 27.6. The SMILES string of the molecule is COCc1cc(CS(=O)(=O)C(C)C)ccc1Nc1nc(Nc2ccc(Cl)cc2)c2cc(N(C)C)ccc2n1. The van der Waals surface area contributed by atoms with Gasteiger partial charge >= 0.3 is 0 Å². The van der Waals surface area contributed by atoms with E-state index in [0.29, 0.717) is 29.0 Å². The average molecular weight is 554 g/mol. The van der Waals surface area contributed by atoms with Crippen LogP contribution in [-0.4, -0.2) is 44.8 Å². The Hall–Kier alpha value is -3.40. The molecule has 0 saturated heterocycles. The van der Waals surface area contributed by atoms with Crippen LogP contribution in [0.2, 0.25) is 5.02 Å². The van der Waals surface area contributed by atoms with Gasteiger partial charge in [-0.25, -0.2) is 13.4 Å². The highest BCUT2D eigenvalue weighted by Gasteiger charge is 2.18. The number of hydrogen-bond donors (Lipinski definition) is 2. The third kappa shape index (κ3) is 6.53. The molecule has 1 aromatic heterocycles. The molecular formula is C28H32ClN5O3S. The predicted molar refractivity (Wildman–Crippen MR) is 157 cm³/mol. The van der Waals surface area contributed by atoms with Crippen molar-refractivity contribution in [3.8, 4) is 0 Å². The molecule has 0 aliphatic heterocycles. The number of nitrogens with zero attached hydrogens (tertiary/aromatic N) is 3. The first-order valence-electron chi connectivity index (χ1n) is 12.2. The van der Waals surface area contributed by atoms with Crippen molar-refractivity contribution in [3.05, 3.63) is 76.8 Å². The number of aromatic nitrogens is 2. The number of fused-ring (bicyclic) bond motifs is 1. The van der Waals surface area contributed by atoms with Crippen molar-refractivity contribution < 1.29 is 13.2 Å². The number of benzene rings is 3. The normalized spacial score (nSPS) is 11.7. The molecular weight excluding hydrogens is 522 g/mol. The van der Waals surface area contributed by atoms with E-state index in [1.807, 2.05) is 73.6 Å². The minimum atomic E-state index is -3.23. The van der Waals surface area contributed by atoms with E-state index < -0.39 is 15.1 Å². The molecule has 0 saturated carbocycles. The molecule has 0 bridgehead atoms. The fourth-order valence-electron chi connectivity index (χ4n) is 3.87. The molecule has 8 nitrogen and oxygen atoms in total. The lowest BCUT2D eigenvalue weighted by Crippen LogP contribution is -2.16. The zero-order valence-electron chi connectivity index (χ0n) is 22.1. The highest BCUT2D eigenvalue weighted by Crippen LogP contribution is 2.31. The Morgan fingerprint density at radius 2 is 1.71 bits per heavy atom. The van der Waals surface area contributed by atoms with Crippen molar-refractivity contribution in [3.63, 3.8) is 0 Å². The number of hydrogen-bond acceptors (Lipinski definition) is 8. The van der Waals surface area contributed by atoms with Crippen molar-refractivity contribution >= 4 is 61.2 Å². The van der Waals surface area contributed by atoms with Crippen LogP contribution >= 0.6 is 11.6 Å². The summed E-state index contributed by atoms with van der Waals surface area (Å²) in [5.74, 6) is 1.00. The van der Waals surface area contributed by atoms with Crippen LogP contribution in [0.3, 0.4) is 0 Å². The molecule has 0 amide bonds. The molecule has 0 spiro atoms. The summed E-state index contributed by atoms with van der Waals surface area (Å²) in [6.07, 6.45) is 0. The Bertz CT molecular complexity index is 1540. The van der Waals surface area contributed by atoms with Crippen molar-refractivity contribution in [1.29, 1.82) is 0 Å². The molecule has 4 aromatic rings. The van der Waals surface area contributed by atoms with Gasteiger partial charge in [0.25, 0.3) is 0 Å². The summed E-state index contributed by atoms with van der Waals surface area (Å²) >= 11 is 6.07. The molecule has 0 aliphatic carbocycles. The molecule has 4 rings (SSSR count). The van der Waals surface area contributed by atoms with Crippen LogP contribution in [0, 0.1) is 0 Å². The quantitative estimate of drug-likeness (QED) is 0.236. The number of sulfone groups is 1. The summed E-state index contributed by atoms with van der Waals surface area (Å²) < 4.78 is 30.3. The molecule has 0 fully saturated rings. The maximum atomic E-state index is 12.5. The van der Waals surface area contributed by atoms with E-state index >= 15 is 0 Å². The fraction of sp³-hybridized carbons (Fsp3) is 0.286. The molecule has 0 radical (unpaired) electrons. The van der Waals surface area contributed by atoms with Crippen molar-refractivity contribution in [2.45, 2.75) is 31.5 Å². The summed E-state index contributed by atoms with van der Waals surface area (Å²) in [7, 11) is 2.34. The van der Waals surface area contributed by atoms with Gasteiger partial charge in [0.2, 0.25) is 5.95 Å². The average Bonchev–Trinajstić information content (AvgIpc) is 2.86. The number of rotatable bonds is 10. The lowest BCUT2D eigenvalue weighted by atomic mass is 10.1. The molecule has 0 aliphatic rings. The van der Waals surface area contributed by atoms with Crippen LogP contribution in [0.15, 0.2) is 60.7 Å². The van der Waals surface area contributed by atoms with Crippen LogP contribution in [-0.2, 0) is 26.9 Å². The lowest BCUT2D eigenvalue weighted by Gasteiger charge is -2.17. The summed E-state index contributed by atoms with van der Waals surface area (Å²) in [6, 6.07) is 18.9. The third-order valence-electron chi connectivity index (χ3n) is 6.10. The maximum absolute atomic E-state index is 12.5. The Morgan fingerprint density at radius 1 is 0.974 bits per heavy atom. The van der Waals surface area contributed by atoms with Gasteiger partial charge in [-0.05, 0) is 67.9 Å². The van der Waals surface area contributed by atoms with Crippen LogP contribution in [0.25, 0.3) is 10.9 Å². The van der Waals surface area contributed by atoms with Crippen LogP contribution in [0.1, 0.15) is 25.0 Å². The summed E-state index contributed by atoms with van der Waals surface area (Å²) in [5.41, 5.74) is 4.87. The van der Waals surface area contributed by atoms with E-state index in [2.05, 4.69) is 10.6 Å². The van der Waals surface area contributed by atoms with Gasteiger partial charge < -0.3 is 20.3 Å². The minimum absolute atomic E-state index is 0.0303. The maximum Gasteiger partial charge on any atom is 0.229 e. The molecule has 10 heteroatoms. The standard InChI is InChI=1S/C28H32ClN5O3S/c1-18(2)38(35,36)17-19-6-12-25(20(14-19)16-37-5)31-28-32-26-13-11-23(34(3)4)15-24(26)27(33-28)30-22-9-7-21(29)8-10-22/h6-15,18H,16-17H2,1-5H3,(H2,30,31,32,33). The molecule has 3 aromatic carbocycles. The van der Waals surface area contributed by atoms with Gasteiger partial charge in [-0.1, -0.05) is 23.7 Å². The summed E-state index contributed by atoms with van der Waals surface area (Å²) in [4.78, 5) is 11.6. The van der Waals surface area contributed by atoms with Crippen LogP contribution < -0.4 is 15.5 Å². The Balaban J connectivity index is 1.74. The lowest BCUT2D eigenvalue weighted by molar-refractivity contribution is 0.185. The molecule has 0 unspecified atom stereocenters. The first-order valence-corrected chi connectivity index (χ1v) is 14.3. The molecule has 38 heavy (non-hydrogen) atoms. The molecule has 0 atom stereocenters. The molecule has 2 N–H and O–H groups in total. The van der Waals surface area contributed by atoms with E-state index in [0.717, 1.165) is 33.5 Å². The minimum Gasteiger partial charge on any atom is -0.380 e. The van der Waals surface area contributed by atoms with Crippen molar-refractivity contribution in [1.82, 2.24) is 9.97 Å². The van der Waals surface area contributed by atoms with E-state index in [1.54, 1.807) is 27.0 Å². The van der Waals surface area contributed by atoms with Gasteiger partial charge in [0.1, 0.15) is 5.82 Å². The van der Waals surface area contributed by atoms with E-state index in [1.165, 1.54) is 0 Å². The smallest absolute Gasteiger partial charge is 0.229 e. The van der Waals surface area contributed by atoms with Gasteiger partial charge in [-0.3, -0.25) is 0 Å². The zero-order chi connectivity index (χ0) is 27.4. The van der Waals surface area contributed by atoms with Gasteiger partial charge in [-0.15, -0.1) is 0 Å². The molecule has 200 valence electrons. The van der Waals surface area contributed by atoms with Crippen molar-refractivity contribution in [2.75, 3.05) is 36.7 Å². The van der Waals surface area contributed by atoms with Gasteiger partial charge in [0.15, 0.2) is 9.84 Å². The second-order valence-electron chi connectivity index (χ2n) is 9.53. The largest absolute Gasteiger partial charge is 0.380 e.